The zero-order valence-electron chi connectivity index (χ0n) is 11.9. The summed E-state index contributed by atoms with van der Waals surface area (Å²) in [5.74, 6) is 0.675. The lowest BCUT2D eigenvalue weighted by Crippen LogP contribution is -2.17. The molecule has 0 bridgehead atoms. The molecule has 6 heteroatoms. The van der Waals surface area contributed by atoms with Gasteiger partial charge in [-0.25, -0.2) is 4.39 Å². The molecule has 0 unspecified atom stereocenters. The first-order valence-corrected chi connectivity index (χ1v) is 7.16. The van der Waals surface area contributed by atoms with Gasteiger partial charge in [0.1, 0.15) is 0 Å². The molecule has 5 nitrogen and oxygen atoms in total. The van der Waals surface area contributed by atoms with E-state index in [9.17, 15) is 4.39 Å². The van der Waals surface area contributed by atoms with Crippen molar-refractivity contribution < 1.29 is 13.5 Å². The van der Waals surface area contributed by atoms with Gasteiger partial charge >= 0.3 is 0 Å². The number of ether oxygens (including phenoxy) is 1. The molecule has 1 aliphatic carbocycles. The molecule has 0 saturated heterocycles. The van der Waals surface area contributed by atoms with Gasteiger partial charge < -0.3 is 14.5 Å². The van der Waals surface area contributed by atoms with Crippen molar-refractivity contribution in [2.75, 3.05) is 13.7 Å². The predicted molar refractivity (Wildman–Crippen MR) is 75.6 cm³/mol. The van der Waals surface area contributed by atoms with Crippen LogP contribution in [-0.2, 0) is 6.42 Å². The zero-order valence-corrected chi connectivity index (χ0v) is 11.9. The van der Waals surface area contributed by atoms with Gasteiger partial charge in [0, 0.05) is 18.0 Å². The number of nitrogens with zero attached hydrogens (tertiary/aromatic N) is 2. The molecule has 1 N–H and O–H groups in total. The second-order valence-corrected chi connectivity index (χ2v) is 5.18. The van der Waals surface area contributed by atoms with Gasteiger partial charge in [-0.2, -0.15) is 0 Å². The lowest BCUT2D eigenvalue weighted by molar-refractivity contribution is 0.386. The van der Waals surface area contributed by atoms with Crippen molar-refractivity contribution in [1.29, 1.82) is 0 Å². The quantitative estimate of drug-likeness (QED) is 0.794. The van der Waals surface area contributed by atoms with Gasteiger partial charge in [0.2, 0.25) is 11.8 Å². The molecule has 112 valence electrons. The van der Waals surface area contributed by atoms with Gasteiger partial charge in [0.15, 0.2) is 11.6 Å². The van der Waals surface area contributed by atoms with Gasteiger partial charge in [-0.05, 0) is 44.0 Å². The Morgan fingerprint density at radius 3 is 2.95 bits per heavy atom. The average Bonchev–Trinajstić information content (AvgIpc) is 3.20. The van der Waals surface area contributed by atoms with Gasteiger partial charge in [-0.15, -0.1) is 10.2 Å². The highest BCUT2D eigenvalue weighted by atomic mass is 19.1. The summed E-state index contributed by atoms with van der Waals surface area (Å²) in [6.07, 6.45) is 4.25. The standard InChI is InChI=1S/C15H18FN3O2/c1-20-13-7-4-10(9-12(13)16)15-19-18-14(21-15)3-2-8-17-11-5-6-11/h4,7,9,11,17H,2-3,5-6,8H2,1H3. The van der Waals surface area contributed by atoms with E-state index >= 15 is 0 Å². The van der Waals surface area contributed by atoms with Gasteiger partial charge in [0.25, 0.3) is 0 Å². The molecular formula is C15H18FN3O2. The molecule has 2 aromatic rings. The Labute approximate surface area is 122 Å². The second kappa shape index (κ2) is 6.22. The zero-order chi connectivity index (χ0) is 14.7. The minimum Gasteiger partial charge on any atom is -0.494 e. The summed E-state index contributed by atoms with van der Waals surface area (Å²) < 4.78 is 24.1. The maximum absolute atomic E-state index is 13.6. The van der Waals surface area contributed by atoms with Crippen molar-refractivity contribution in [3.8, 4) is 17.2 Å². The summed E-state index contributed by atoms with van der Waals surface area (Å²) >= 11 is 0. The Balaban J connectivity index is 1.59. The Morgan fingerprint density at radius 1 is 1.38 bits per heavy atom. The van der Waals surface area contributed by atoms with E-state index in [1.54, 1.807) is 12.1 Å². The highest BCUT2D eigenvalue weighted by Gasteiger charge is 2.19. The van der Waals surface area contributed by atoms with Crippen LogP contribution in [0.5, 0.6) is 5.75 Å². The van der Waals surface area contributed by atoms with Crippen molar-refractivity contribution in [2.45, 2.75) is 31.7 Å². The summed E-state index contributed by atoms with van der Waals surface area (Å²) in [5.41, 5.74) is 0.558. The smallest absolute Gasteiger partial charge is 0.247 e. The number of nitrogens with one attached hydrogen (secondary N) is 1. The van der Waals surface area contributed by atoms with Gasteiger partial charge in [0.05, 0.1) is 7.11 Å². The second-order valence-electron chi connectivity index (χ2n) is 5.18. The van der Waals surface area contributed by atoms with Crippen LogP contribution in [0.25, 0.3) is 11.5 Å². The van der Waals surface area contributed by atoms with Gasteiger partial charge in [-0.1, -0.05) is 0 Å². The molecule has 0 aliphatic heterocycles. The fraction of sp³-hybridized carbons (Fsp3) is 0.467. The van der Waals surface area contributed by atoms with Crippen molar-refractivity contribution in [1.82, 2.24) is 15.5 Å². The molecule has 1 heterocycles. The topological polar surface area (TPSA) is 60.2 Å². The number of benzene rings is 1. The van der Waals surface area contributed by atoms with Gasteiger partial charge in [-0.3, -0.25) is 0 Å². The third kappa shape index (κ3) is 3.58. The number of halogens is 1. The minimum absolute atomic E-state index is 0.199. The number of hydrogen-bond donors (Lipinski definition) is 1. The summed E-state index contributed by atoms with van der Waals surface area (Å²) in [5, 5.41) is 11.4. The molecular weight excluding hydrogens is 273 g/mol. The van der Waals surface area contributed by atoms with Crippen LogP contribution in [-0.4, -0.2) is 29.9 Å². The van der Waals surface area contributed by atoms with E-state index in [1.165, 1.54) is 26.0 Å². The third-order valence-corrected chi connectivity index (χ3v) is 3.44. The van der Waals surface area contributed by atoms with Crippen molar-refractivity contribution in [2.24, 2.45) is 0 Å². The van der Waals surface area contributed by atoms with Crippen LogP contribution < -0.4 is 10.1 Å². The van der Waals surface area contributed by atoms with Crippen molar-refractivity contribution in [3.63, 3.8) is 0 Å². The SMILES string of the molecule is COc1ccc(-c2nnc(CCCNC3CC3)o2)cc1F. The first-order valence-electron chi connectivity index (χ1n) is 7.16. The van der Waals surface area contributed by atoms with Crippen LogP contribution in [0.2, 0.25) is 0 Å². The molecule has 1 aromatic carbocycles. The van der Waals surface area contributed by atoms with E-state index in [1.807, 2.05) is 0 Å². The van der Waals surface area contributed by atoms with E-state index in [-0.39, 0.29) is 5.75 Å². The van der Waals surface area contributed by atoms with E-state index in [0.717, 1.165) is 19.4 Å². The summed E-state index contributed by atoms with van der Waals surface area (Å²) in [7, 11) is 1.43. The molecule has 21 heavy (non-hydrogen) atoms. The fourth-order valence-electron chi connectivity index (χ4n) is 2.10. The van der Waals surface area contributed by atoms with E-state index in [0.29, 0.717) is 23.4 Å². The maximum atomic E-state index is 13.6. The van der Waals surface area contributed by atoms with Crippen molar-refractivity contribution in [3.05, 3.63) is 29.9 Å². The number of hydrogen-bond acceptors (Lipinski definition) is 5. The Morgan fingerprint density at radius 2 is 2.24 bits per heavy atom. The number of rotatable bonds is 7. The predicted octanol–water partition coefficient (Wildman–Crippen LogP) is 2.57. The van der Waals surface area contributed by atoms with Crippen LogP contribution >= 0.6 is 0 Å². The van der Waals surface area contributed by atoms with Crippen molar-refractivity contribution >= 4 is 0 Å². The fourth-order valence-corrected chi connectivity index (χ4v) is 2.10. The molecule has 0 radical (unpaired) electrons. The summed E-state index contributed by atoms with van der Waals surface area (Å²) in [4.78, 5) is 0. The highest BCUT2D eigenvalue weighted by Crippen LogP contribution is 2.24. The van der Waals surface area contributed by atoms with Crippen LogP contribution in [0, 0.1) is 5.82 Å². The summed E-state index contributed by atoms with van der Waals surface area (Å²) in [6.45, 7) is 0.958. The van der Waals surface area contributed by atoms with Crippen LogP contribution in [0.4, 0.5) is 4.39 Å². The van der Waals surface area contributed by atoms with Crippen LogP contribution in [0.1, 0.15) is 25.2 Å². The third-order valence-electron chi connectivity index (χ3n) is 3.44. The average molecular weight is 291 g/mol. The van der Waals surface area contributed by atoms with E-state index in [2.05, 4.69) is 15.5 Å². The van der Waals surface area contributed by atoms with E-state index in [4.69, 9.17) is 9.15 Å². The van der Waals surface area contributed by atoms with Crippen LogP contribution in [0.3, 0.4) is 0 Å². The minimum atomic E-state index is -0.441. The Bertz CT molecular complexity index is 611. The lowest BCUT2D eigenvalue weighted by Gasteiger charge is -2.02. The normalized spacial score (nSPS) is 14.4. The van der Waals surface area contributed by atoms with E-state index < -0.39 is 5.82 Å². The number of aryl methyl sites for hydroxylation is 1. The molecule has 3 rings (SSSR count). The molecule has 0 spiro atoms. The highest BCUT2D eigenvalue weighted by molar-refractivity contribution is 5.54. The Kier molecular flexibility index (Phi) is 4.15. The largest absolute Gasteiger partial charge is 0.494 e. The number of methoxy groups -OCH3 is 1. The molecule has 0 amide bonds. The molecule has 0 atom stereocenters. The Hall–Kier alpha value is -1.95. The number of aromatic nitrogens is 2. The summed E-state index contributed by atoms with van der Waals surface area (Å²) in [6, 6.07) is 5.30. The molecule has 1 saturated carbocycles. The van der Waals surface area contributed by atoms with Crippen LogP contribution in [0.15, 0.2) is 22.6 Å². The monoisotopic (exact) mass is 291 g/mol. The maximum Gasteiger partial charge on any atom is 0.247 e. The first-order chi connectivity index (χ1) is 10.3. The lowest BCUT2D eigenvalue weighted by atomic mass is 10.2. The molecule has 1 aliphatic rings. The first kappa shape index (κ1) is 14.0. The molecule has 1 fully saturated rings. The molecule has 1 aromatic heterocycles.